The first-order valence-electron chi connectivity index (χ1n) is 10.3. The number of imide groups is 1. The van der Waals surface area contributed by atoms with E-state index in [1.165, 1.54) is 36.3 Å². The van der Waals surface area contributed by atoms with Gasteiger partial charge in [-0.3, -0.25) is 14.5 Å². The number of rotatable bonds is 6. The molecule has 1 heterocycles. The van der Waals surface area contributed by atoms with Crippen molar-refractivity contribution in [3.05, 3.63) is 70.4 Å². The molecule has 2 aliphatic rings. The van der Waals surface area contributed by atoms with Crippen molar-refractivity contribution < 1.29 is 18.7 Å². The molecule has 4 rings (SSSR count). The molecule has 0 bridgehead atoms. The van der Waals surface area contributed by atoms with Gasteiger partial charge >= 0.3 is 0 Å². The number of carbonyl (C=O) groups excluding carboxylic acids is 2. The average molecular weight is 426 g/mol. The largest absolute Gasteiger partial charge is 0.489 e. The fourth-order valence-corrected chi connectivity index (χ4v) is 4.69. The minimum absolute atomic E-state index is 0.170. The van der Waals surface area contributed by atoms with Crippen molar-refractivity contribution in [1.82, 2.24) is 4.90 Å². The van der Waals surface area contributed by atoms with Crippen LogP contribution >= 0.6 is 11.8 Å². The zero-order valence-electron chi connectivity index (χ0n) is 16.7. The Kier molecular flexibility index (Phi) is 6.53. The normalized spacial score (nSPS) is 19.0. The fourth-order valence-electron chi connectivity index (χ4n) is 3.84. The zero-order chi connectivity index (χ0) is 20.9. The highest BCUT2D eigenvalue weighted by molar-refractivity contribution is 8.18. The Balaban J connectivity index is 1.36. The summed E-state index contributed by atoms with van der Waals surface area (Å²) < 4.78 is 18.7. The molecule has 2 fully saturated rings. The van der Waals surface area contributed by atoms with E-state index in [2.05, 4.69) is 0 Å². The van der Waals surface area contributed by atoms with E-state index in [1.807, 2.05) is 24.3 Å². The number of hydrogen-bond acceptors (Lipinski definition) is 4. The fraction of sp³-hybridized carbons (Fsp3) is 0.333. The predicted molar refractivity (Wildman–Crippen MR) is 116 cm³/mol. The lowest BCUT2D eigenvalue weighted by atomic mass is 9.89. The summed E-state index contributed by atoms with van der Waals surface area (Å²) in [5, 5.41) is -0.170. The van der Waals surface area contributed by atoms with E-state index in [-0.39, 0.29) is 17.0 Å². The summed E-state index contributed by atoms with van der Waals surface area (Å²) in [5.74, 6) is 0.657. The lowest BCUT2D eigenvalue weighted by molar-refractivity contribution is -0.123. The molecule has 0 N–H and O–H groups in total. The topological polar surface area (TPSA) is 46.6 Å². The molecule has 0 aromatic heterocycles. The number of nitrogens with zero attached hydrogens (tertiary/aromatic N) is 1. The van der Waals surface area contributed by atoms with E-state index in [0.29, 0.717) is 29.7 Å². The first-order chi connectivity index (χ1) is 14.6. The Labute approximate surface area is 180 Å². The second-order valence-electron chi connectivity index (χ2n) is 7.78. The number of thioether (sulfide) groups is 1. The molecule has 30 heavy (non-hydrogen) atoms. The third-order valence-electron chi connectivity index (χ3n) is 5.54. The van der Waals surface area contributed by atoms with Gasteiger partial charge in [-0.2, -0.15) is 0 Å². The smallest absolute Gasteiger partial charge is 0.293 e. The third kappa shape index (κ3) is 5.11. The van der Waals surface area contributed by atoms with Crippen LogP contribution in [0.3, 0.4) is 0 Å². The van der Waals surface area contributed by atoms with Crippen molar-refractivity contribution in [3.63, 3.8) is 0 Å². The molecule has 2 aromatic carbocycles. The molecule has 1 saturated carbocycles. The Morgan fingerprint density at radius 2 is 1.70 bits per heavy atom. The van der Waals surface area contributed by atoms with Crippen LogP contribution in [-0.2, 0) is 11.4 Å². The molecule has 0 unspecified atom stereocenters. The molecule has 1 aliphatic carbocycles. The van der Waals surface area contributed by atoms with E-state index >= 15 is 0 Å². The molecule has 0 radical (unpaired) electrons. The molecule has 156 valence electrons. The number of ether oxygens (including phenoxy) is 1. The quantitative estimate of drug-likeness (QED) is 0.531. The van der Waals surface area contributed by atoms with Crippen LogP contribution in [0.5, 0.6) is 5.75 Å². The highest BCUT2D eigenvalue weighted by Crippen LogP contribution is 2.35. The summed E-state index contributed by atoms with van der Waals surface area (Å²) in [4.78, 5) is 26.9. The lowest BCUT2D eigenvalue weighted by Gasteiger charge is -2.25. The Bertz CT molecular complexity index is 934. The van der Waals surface area contributed by atoms with Gasteiger partial charge in [0.2, 0.25) is 0 Å². The van der Waals surface area contributed by atoms with Crippen LogP contribution in [0, 0.1) is 11.7 Å². The maximum Gasteiger partial charge on any atom is 0.293 e. The minimum Gasteiger partial charge on any atom is -0.489 e. The van der Waals surface area contributed by atoms with Gasteiger partial charge < -0.3 is 4.74 Å². The number of hydrogen-bond donors (Lipinski definition) is 0. The summed E-state index contributed by atoms with van der Waals surface area (Å²) in [6.07, 6.45) is 7.58. The molecular weight excluding hydrogens is 401 g/mol. The number of amides is 2. The van der Waals surface area contributed by atoms with E-state index in [4.69, 9.17) is 4.74 Å². The van der Waals surface area contributed by atoms with Crippen molar-refractivity contribution >= 4 is 29.0 Å². The van der Waals surface area contributed by atoms with Crippen LogP contribution in [0.25, 0.3) is 6.08 Å². The SMILES string of the molecule is O=C1S/C(=C/c2ccc(OCc3ccc(F)cc3)cc2)C(=O)N1CC1CCCCC1. The van der Waals surface area contributed by atoms with E-state index in [9.17, 15) is 14.0 Å². The third-order valence-corrected chi connectivity index (χ3v) is 6.44. The van der Waals surface area contributed by atoms with Crippen LogP contribution in [-0.4, -0.2) is 22.6 Å². The highest BCUT2D eigenvalue weighted by Gasteiger charge is 2.36. The second-order valence-corrected chi connectivity index (χ2v) is 8.77. The summed E-state index contributed by atoms with van der Waals surface area (Å²) >= 11 is 1.01. The van der Waals surface area contributed by atoms with Crippen LogP contribution < -0.4 is 4.74 Å². The predicted octanol–water partition coefficient (Wildman–Crippen LogP) is 6.02. The molecule has 1 aliphatic heterocycles. The molecule has 6 heteroatoms. The molecule has 4 nitrogen and oxygen atoms in total. The number of carbonyl (C=O) groups is 2. The molecule has 1 saturated heterocycles. The summed E-state index contributed by atoms with van der Waals surface area (Å²) in [7, 11) is 0. The van der Waals surface area contributed by atoms with Gasteiger partial charge in [-0.1, -0.05) is 43.5 Å². The van der Waals surface area contributed by atoms with Crippen molar-refractivity contribution in [3.8, 4) is 5.75 Å². The van der Waals surface area contributed by atoms with Crippen molar-refractivity contribution in [2.75, 3.05) is 6.54 Å². The van der Waals surface area contributed by atoms with Crippen LogP contribution in [0.2, 0.25) is 0 Å². The standard InChI is InChI=1S/C24H24FNO3S/c25-20-10-6-19(7-11-20)16-29-21-12-8-17(9-13-21)14-22-23(27)26(24(28)30-22)15-18-4-2-1-3-5-18/h6-14,18H,1-5,15-16H2/b22-14+. The molecule has 0 spiro atoms. The van der Waals surface area contributed by atoms with E-state index in [0.717, 1.165) is 35.7 Å². The van der Waals surface area contributed by atoms with E-state index in [1.54, 1.807) is 18.2 Å². The zero-order valence-corrected chi connectivity index (χ0v) is 17.5. The van der Waals surface area contributed by atoms with Crippen LogP contribution in [0.4, 0.5) is 9.18 Å². The summed E-state index contributed by atoms with van der Waals surface area (Å²) in [5.41, 5.74) is 1.72. The van der Waals surface area contributed by atoms with Crippen molar-refractivity contribution in [2.24, 2.45) is 5.92 Å². The van der Waals surface area contributed by atoms with Crippen molar-refractivity contribution in [2.45, 2.75) is 38.7 Å². The van der Waals surface area contributed by atoms with Gasteiger partial charge in [-0.05, 0) is 72.0 Å². The van der Waals surface area contributed by atoms with Gasteiger partial charge in [-0.15, -0.1) is 0 Å². The summed E-state index contributed by atoms with van der Waals surface area (Å²) in [6, 6.07) is 13.5. The van der Waals surface area contributed by atoms with Gasteiger partial charge in [0.05, 0.1) is 4.91 Å². The molecule has 2 aromatic rings. The number of halogens is 1. The Hall–Kier alpha value is -2.60. The maximum absolute atomic E-state index is 13.0. The molecule has 2 amide bonds. The number of benzene rings is 2. The molecular formula is C24H24FNO3S. The van der Waals surface area contributed by atoms with E-state index < -0.39 is 0 Å². The van der Waals surface area contributed by atoms with Gasteiger partial charge in [0.1, 0.15) is 18.2 Å². The summed E-state index contributed by atoms with van der Waals surface area (Å²) in [6.45, 7) is 0.887. The minimum atomic E-state index is -0.272. The molecule has 0 atom stereocenters. The lowest BCUT2D eigenvalue weighted by Crippen LogP contribution is -2.34. The Morgan fingerprint density at radius 3 is 2.40 bits per heavy atom. The second kappa shape index (κ2) is 9.47. The van der Waals surface area contributed by atoms with Crippen molar-refractivity contribution in [1.29, 1.82) is 0 Å². The van der Waals surface area contributed by atoms with Gasteiger partial charge in [0.25, 0.3) is 11.1 Å². The first-order valence-corrected chi connectivity index (χ1v) is 11.1. The Morgan fingerprint density at radius 1 is 1.00 bits per heavy atom. The maximum atomic E-state index is 13.0. The van der Waals surface area contributed by atoms with Gasteiger partial charge in [0, 0.05) is 6.54 Å². The van der Waals surface area contributed by atoms with Gasteiger partial charge in [0.15, 0.2) is 0 Å². The van der Waals surface area contributed by atoms with Crippen LogP contribution in [0.15, 0.2) is 53.4 Å². The highest BCUT2D eigenvalue weighted by atomic mass is 32.2. The van der Waals surface area contributed by atoms with Gasteiger partial charge in [-0.25, -0.2) is 4.39 Å². The average Bonchev–Trinajstić information content (AvgIpc) is 3.02. The first kappa shape index (κ1) is 20.7. The van der Waals surface area contributed by atoms with Crippen LogP contribution in [0.1, 0.15) is 43.2 Å². The monoisotopic (exact) mass is 425 g/mol.